The molecule has 1 aromatic carbocycles. The van der Waals surface area contributed by atoms with E-state index in [1.54, 1.807) is 0 Å². The molecule has 2 rings (SSSR count). The molecule has 0 saturated heterocycles. The maximum atomic E-state index is 12.7. The Hall–Kier alpha value is -1.23. The molecule has 0 spiro atoms. The fourth-order valence-electron chi connectivity index (χ4n) is 2.17. The van der Waals surface area contributed by atoms with E-state index in [0.29, 0.717) is 12.1 Å². The smallest absolute Gasteiger partial charge is 0.380 e. The van der Waals surface area contributed by atoms with Gasteiger partial charge in [-0.25, -0.2) is 0 Å². The molecule has 0 fully saturated rings. The van der Waals surface area contributed by atoms with Crippen LogP contribution in [0.1, 0.15) is 31.9 Å². The Bertz CT molecular complexity index is 461. The van der Waals surface area contributed by atoms with Gasteiger partial charge in [0.05, 0.1) is 5.56 Å². The number of hydrogen-bond donors (Lipinski definition) is 2. The van der Waals surface area contributed by atoms with E-state index in [4.69, 9.17) is 0 Å². The van der Waals surface area contributed by atoms with Crippen LogP contribution >= 0.6 is 0 Å². The fraction of sp³-hybridized carbons (Fsp3) is 0.571. The summed E-state index contributed by atoms with van der Waals surface area (Å²) in [6.45, 7) is 7.53. The van der Waals surface area contributed by atoms with Crippen molar-refractivity contribution < 1.29 is 13.2 Å². The standard InChI is InChI=1S/C14H19F3N2/c1-13(2,3)12-8-18-7-9-6-10(14(15,16)17)4-5-11(9)19-12/h4-6,12,18-19H,7-8H2,1-3H3. The first-order valence-electron chi connectivity index (χ1n) is 6.35. The zero-order chi connectivity index (χ0) is 14.3. The number of anilines is 1. The predicted molar refractivity (Wildman–Crippen MR) is 70.0 cm³/mol. The van der Waals surface area contributed by atoms with Crippen molar-refractivity contribution in [3.8, 4) is 0 Å². The number of rotatable bonds is 0. The summed E-state index contributed by atoms with van der Waals surface area (Å²) >= 11 is 0. The Morgan fingerprint density at radius 1 is 1.16 bits per heavy atom. The molecule has 1 unspecified atom stereocenters. The summed E-state index contributed by atoms with van der Waals surface area (Å²) in [4.78, 5) is 0. The van der Waals surface area contributed by atoms with E-state index in [0.717, 1.165) is 18.3 Å². The number of hydrogen-bond acceptors (Lipinski definition) is 2. The molecule has 1 aromatic rings. The maximum absolute atomic E-state index is 12.7. The Balaban J connectivity index is 2.31. The number of nitrogens with one attached hydrogen (secondary N) is 2. The van der Waals surface area contributed by atoms with Crippen LogP contribution < -0.4 is 10.6 Å². The zero-order valence-electron chi connectivity index (χ0n) is 11.4. The highest BCUT2D eigenvalue weighted by Gasteiger charge is 2.32. The number of alkyl halides is 3. The summed E-state index contributed by atoms with van der Waals surface area (Å²) < 4.78 is 38.1. The summed E-state index contributed by atoms with van der Waals surface area (Å²) in [5.41, 5.74) is 0.903. The van der Waals surface area contributed by atoms with Crippen LogP contribution in [0.15, 0.2) is 18.2 Å². The van der Waals surface area contributed by atoms with Crippen molar-refractivity contribution >= 4 is 5.69 Å². The van der Waals surface area contributed by atoms with E-state index >= 15 is 0 Å². The highest BCUT2D eigenvalue weighted by atomic mass is 19.4. The third-order valence-corrected chi connectivity index (χ3v) is 3.47. The first kappa shape index (κ1) is 14.2. The Labute approximate surface area is 111 Å². The Kier molecular flexibility index (Phi) is 3.51. The molecular formula is C14H19F3N2. The minimum Gasteiger partial charge on any atom is -0.380 e. The number of benzene rings is 1. The van der Waals surface area contributed by atoms with E-state index in [1.807, 2.05) is 0 Å². The summed E-state index contributed by atoms with van der Waals surface area (Å²) in [5, 5.41) is 6.56. The summed E-state index contributed by atoms with van der Waals surface area (Å²) in [5.74, 6) is 0. The number of fused-ring (bicyclic) bond motifs is 1. The second-order valence-electron chi connectivity index (χ2n) is 6.06. The van der Waals surface area contributed by atoms with Crippen LogP contribution in [0.3, 0.4) is 0 Å². The zero-order valence-corrected chi connectivity index (χ0v) is 11.4. The van der Waals surface area contributed by atoms with Gasteiger partial charge in [-0.05, 0) is 29.2 Å². The normalized spacial score (nSPS) is 20.4. The highest BCUT2D eigenvalue weighted by molar-refractivity contribution is 5.55. The summed E-state index contributed by atoms with van der Waals surface area (Å²) in [7, 11) is 0. The van der Waals surface area contributed by atoms with Crippen LogP contribution in [0.2, 0.25) is 0 Å². The third-order valence-electron chi connectivity index (χ3n) is 3.47. The molecular weight excluding hydrogens is 253 g/mol. The molecule has 0 bridgehead atoms. The van der Waals surface area contributed by atoms with E-state index in [9.17, 15) is 13.2 Å². The second kappa shape index (κ2) is 4.71. The van der Waals surface area contributed by atoms with Crippen LogP contribution in [0, 0.1) is 5.41 Å². The lowest BCUT2D eigenvalue weighted by atomic mass is 9.86. The van der Waals surface area contributed by atoms with Crippen molar-refractivity contribution in [2.75, 3.05) is 11.9 Å². The molecule has 2 N–H and O–H groups in total. The summed E-state index contributed by atoms with van der Waals surface area (Å²) in [6, 6.07) is 4.08. The van der Waals surface area contributed by atoms with Crippen molar-refractivity contribution in [1.82, 2.24) is 5.32 Å². The van der Waals surface area contributed by atoms with Gasteiger partial charge in [0, 0.05) is 24.8 Å². The molecule has 1 heterocycles. The van der Waals surface area contributed by atoms with E-state index in [-0.39, 0.29) is 11.5 Å². The SMILES string of the molecule is CC(C)(C)C1CNCc2cc(C(F)(F)F)ccc2N1. The molecule has 0 amide bonds. The average Bonchev–Trinajstić information content (AvgIpc) is 2.47. The van der Waals surface area contributed by atoms with E-state index in [2.05, 4.69) is 31.4 Å². The predicted octanol–water partition coefficient (Wildman–Crippen LogP) is 3.64. The highest BCUT2D eigenvalue weighted by Crippen LogP contribution is 2.33. The van der Waals surface area contributed by atoms with Gasteiger partial charge in [-0.15, -0.1) is 0 Å². The van der Waals surface area contributed by atoms with Gasteiger partial charge in [-0.2, -0.15) is 13.2 Å². The van der Waals surface area contributed by atoms with Gasteiger partial charge in [0.1, 0.15) is 0 Å². The van der Waals surface area contributed by atoms with Gasteiger partial charge >= 0.3 is 6.18 Å². The minimum atomic E-state index is -4.29. The molecule has 1 atom stereocenters. The first-order valence-corrected chi connectivity index (χ1v) is 6.35. The average molecular weight is 272 g/mol. The van der Waals surface area contributed by atoms with Crippen molar-refractivity contribution in [3.05, 3.63) is 29.3 Å². The van der Waals surface area contributed by atoms with Crippen LogP contribution in [-0.4, -0.2) is 12.6 Å². The van der Waals surface area contributed by atoms with Gasteiger partial charge in [-0.1, -0.05) is 20.8 Å². The molecule has 0 radical (unpaired) electrons. The Morgan fingerprint density at radius 2 is 1.84 bits per heavy atom. The van der Waals surface area contributed by atoms with Crippen LogP contribution in [-0.2, 0) is 12.7 Å². The molecule has 0 aliphatic carbocycles. The van der Waals surface area contributed by atoms with Crippen LogP contribution in [0.4, 0.5) is 18.9 Å². The topological polar surface area (TPSA) is 24.1 Å². The lowest BCUT2D eigenvalue weighted by Gasteiger charge is -2.31. The van der Waals surface area contributed by atoms with Gasteiger partial charge in [0.2, 0.25) is 0 Å². The molecule has 5 heteroatoms. The van der Waals surface area contributed by atoms with Gasteiger partial charge in [0.15, 0.2) is 0 Å². The van der Waals surface area contributed by atoms with Crippen molar-refractivity contribution in [2.45, 2.75) is 39.5 Å². The quantitative estimate of drug-likeness (QED) is 0.753. The van der Waals surface area contributed by atoms with Crippen LogP contribution in [0.25, 0.3) is 0 Å². The Morgan fingerprint density at radius 3 is 2.42 bits per heavy atom. The molecule has 0 aromatic heterocycles. The monoisotopic (exact) mass is 272 g/mol. The maximum Gasteiger partial charge on any atom is 0.416 e. The lowest BCUT2D eigenvalue weighted by Crippen LogP contribution is -2.40. The molecule has 2 nitrogen and oxygen atoms in total. The van der Waals surface area contributed by atoms with E-state index in [1.165, 1.54) is 12.1 Å². The third kappa shape index (κ3) is 3.21. The van der Waals surface area contributed by atoms with Gasteiger partial charge in [-0.3, -0.25) is 0 Å². The first-order chi connectivity index (χ1) is 8.68. The van der Waals surface area contributed by atoms with Crippen molar-refractivity contribution in [3.63, 3.8) is 0 Å². The minimum absolute atomic E-state index is 0.0390. The molecule has 106 valence electrons. The molecule has 0 saturated carbocycles. The largest absolute Gasteiger partial charge is 0.416 e. The van der Waals surface area contributed by atoms with Crippen LogP contribution in [0.5, 0.6) is 0 Å². The molecule has 1 aliphatic rings. The molecule has 19 heavy (non-hydrogen) atoms. The van der Waals surface area contributed by atoms with Gasteiger partial charge in [0.25, 0.3) is 0 Å². The van der Waals surface area contributed by atoms with Gasteiger partial charge < -0.3 is 10.6 Å². The fourth-order valence-corrected chi connectivity index (χ4v) is 2.17. The van der Waals surface area contributed by atoms with Crippen molar-refractivity contribution in [2.24, 2.45) is 5.41 Å². The summed E-state index contributed by atoms with van der Waals surface area (Å²) in [6.07, 6.45) is -4.29. The van der Waals surface area contributed by atoms with Crippen molar-refractivity contribution in [1.29, 1.82) is 0 Å². The lowest BCUT2D eigenvalue weighted by molar-refractivity contribution is -0.137. The van der Waals surface area contributed by atoms with E-state index < -0.39 is 11.7 Å². The molecule has 1 aliphatic heterocycles. The number of halogens is 3. The second-order valence-corrected chi connectivity index (χ2v) is 6.06.